The molecule has 0 aliphatic heterocycles. The fourth-order valence-corrected chi connectivity index (χ4v) is 4.05. The van der Waals surface area contributed by atoms with Crippen molar-refractivity contribution < 1.29 is 13.6 Å². The number of hydrogen-bond donors (Lipinski definition) is 1. The van der Waals surface area contributed by atoms with Crippen molar-refractivity contribution in [3.05, 3.63) is 67.1 Å². The first-order chi connectivity index (χ1) is 13.6. The quantitative estimate of drug-likeness (QED) is 0.542. The third kappa shape index (κ3) is 4.83. The molecule has 5 nitrogen and oxygen atoms in total. The lowest BCUT2D eigenvalue weighted by Crippen LogP contribution is -2.33. The molecule has 1 atom stereocenters. The van der Waals surface area contributed by atoms with Crippen molar-refractivity contribution in [2.45, 2.75) is 25.8 Å². The molecule has 29 heavy (non-hydrogen) atoms. The van der Waals surface area contributed by atoms with Crippen LogP contribution in [0.5, 0.6) is 0 Å². The second-order valence-corrected chi connectivity index (χ2v) is 8.66. The van der Waals surface area contributed by atoms with Crippen molar-refractivity contribution in [1.29, 1.82) is 0 Å². The van der Waals surface area contributed by atoms with Crippen molar-refractivity contribution in [1.82, 2.24) is 9.78 Å². The van der Waals surface area contributed by atoms with E-state index in [-0.39, 0.29) is 5.56 Å². The largest absolute Gasteiger partial charge is 0.324 e. The van der Waals surface area contributed by atoms with Gasteiger partial charge in [0.05, 0.1) is 10.0 Å². The van der Waals surface area contributed by atoms with E-state index in [4.69, 9.17) is 23.2 Å². The van der Waals surface area contributed by atoms with Gasteiger partial charge in [-0.05, 0) is 31.2 Å². The standard InChI is InChI=1S/C19H15Cl2F2N3O2S/c1-10(18(28)24-12-5-3-11(4-6-12)19(2,22)23)26-16(27)8-7-14(25-26)13-9-15(20)29-17(13)21/h3-10H,1-2H3,(H,24,28). The number of rotatable bonds is 5. The van der Waals surface area contributed by atoms with Crippen LogP contribution >= 0.6 is 34.5 Å². The predicted octanol–water partition coefficient (Wildman–Crippen LogP) is 5.59. The highest BCUT2D eigenvalue weighted by atomic mass is 35.5. The number of hydrogen-bond acceptors (Lipinski definition) is 4. The minimum Gasteiger partial charge on any atom is -0.324 e. The van der Waals surface area contributed by atoms with E-state index < -0.39 is 23.4 Å². The molecule has 1 unspecified atom stereocenters. The molecule has 0 bridgehead atoms. The van der Waals surface area contributed by atoms with Crippen LogP contribution in [0.25, 0.3) is 11.3 Å². The monoisotopic (exact) mass is 457 g/mol. The molecule has 0 fully saturated rings. The third-order valence-corrected chi connectivity index (χ3v) is 5.65. The van der Waals surface area contributed by atoms with E-state index in [1.807, 2.05) is 0 Å². The van der Waals surface area contributed by atoms with Gasteiger partial charge in [-0.1, -0.05) is 35.3 Å². The molecule has 2 aromatic heterocycles. The number of amides is 1. The highest BCUT2D eigenvalue weighted by molar-refractivity contribution is 7.20. The number of nitrogens with zero attached hydrogens (tertiary/aromatic N) is 2. The van der Waals surface area contributed by atoms with Gasteiger partial charge in [-0.15, -0.1) is 11.3 Å². The number of carbonyl (C=O) groups excluding carboxylic acids is 1. The van der Waals surface area contributed by atoms with Gasteiger partial charge in [0.25, 0.3) is 11.5 Å². The minimum absolute atomic E-state index is 0.166. The van der Waals surface area contributed by atoms with E-state index in [0.29, 0.717) is 25.6 Å². The average Bonchev–Trinajstić information content (AvgIpc) is 2.99. The van der Waals surface area contributed by atoms with Gasteiger partial charge in [0, 0.05) is 29.8 Å². The van der Waals surface area contributed by atoms with Gasteiger partial charge in [0.1, 0.15) is 10.4 Å². The third-order valence-electron chi connectivity index (χ3n) is 4.16. The van der Waals surface area contributed by atoms with Crippen LogP contribution in [0.15, 0.2) is 47.3 Å². The average molecular weight is 458 g/mol. The Labute approximate surface area is 178 Å². The van der Waals surface area contributed by atoms with Crippen LogP contribution in [-0.2, 0) is 10.7 Å². The van der Waals surface area contributed by atoms with Crippen LogP contribution in [0.1, 0.15) is 25.5 Å². The summed E-state index contributed by atoms with van der Waals surface area (Å²) in [7, 11) is 0. The Morgan fingerprint density at radius 1 is 1.21 bits per heavy atom. The smallest absolute Gasteiger partial charge is 0.270 e. The zero-order valence-electron chi connectivity index (χ0n) is 15.2. The predicted molar refractivity (Wildman–Crippen MR) is 111 cm³/mol. The Morgan fingerprint density at radius 2 is 1.86 bits per heavy atom. The maximum absolute atomic E-state index is 13.3. The van der Waals surface area contributed by atoms with E-state index >= 15 is 0 Å². The van der Waals surface area contributed by atoms with E-state index in [1.54, 1.807) is 6.07 Å². The first-order valence-corrected chi connectivity index (χ1v) is 9.98. The van der Waals surface area contributed by atoms with Gasteiger partial charge in [-0.25, -0.2) is 13.5 Å². The summed E-state index contributed by atoms with van der Waals surface area (Å²) in [5.74, 6) is -3.50. The normalized spacial score (nSPS) is 12.6. The highest BCUT2D eigenvalue weighted by Crippen LogP contribution is 2.37. The van der Waals surface area contributed by atoms with Crippen LogP contribution in [0.3, 0.4) is 0 Å². The molecule has 0 saturated heterocycles. The number of alkyl halides is 2. The highest BCUT2D eigenvalue weighted by Gasteiger charge is 2.24. The van der Waals surface area contributed by atoms with Crippen molar-refractivity contribution in [3.8, 4) is 11.3 Å². The maximum Gasteiger partial charge on any atom is 0.270 e. The topological polar surface area (TPSA) is 64.0 Å². The zero-order chi connectivity index (χ0) is 21.3. The molecule has 0 saturated carbocycles. The van der Waals surface area contributed by atoms with Gasteiger partial charge < -0.3 is 5.32 Å². The summed E-state index contributed by atoms with van der Waals surface area (Å²) in [6.07, 6.45) is 0. The lowest BCUT2D eigenvalue weighted by Gasteiger charge is -2.16. The van der Waals surface area contributed by atoms with Crippen LogP contribution in [0, 0.1) is 0 Å². The molecule has 152 valence electrons. The Morgan fingerprint density at radius 3 is 2.41 bits per heavy atom. The van der Waals surface area contributed by atoms with Crippen LogP contribution in [0.4, 0.5) is 14.5 Å². The van der Waals surface area contributed by atoms with Crippen LogP contribution in [0.2, 0.25) is 8.67 Å². The molecule has 0 aliphatic carbocycles. The second kappa shape index (κ2) is 8.22. The number of anilines is 1. The number of carbonyl (C=O) groups is 1. The number of aromatic nitrogens is 2. The molecular weight excluding hydrogens is 443 g/mol. The van der Waals surface area contributed by atoms with E-state index in [0.717, 1.165) is 22.9 Å². The van der Waals surface area contributed by atoms with Crippen molar-refractivity contribution in [3.63, 3.8) is 0 Å². The maximum atomic E-state index is 13.3. The molecule has 0 spiro atoms. The molecular formula is C19H15Cl2F2N3O2S. The van der Waals surface area contributed by atoms with Crippen molar-refractivity contribution >= 4 is 46.1 Å². The number of nitrogens with one attached hydrogen (secondary N) is 1. The molecule has 3 rings (SSSR count). The Kier molecular flexibility index (Phi) is 6.07. The zero-order valence-corrected chi connectivity index (χ0v) is 17.6. The molecule has 1 aromatic carbocycles. The lowest BCUT2D eigenvalue weighted by molar-refractivity contribution is -0.119. The summed E-state index contributed by atoms with van der Waals surface area (Å²) in [6.45, 7) is 2.30. The van der Waals surface area contributed by atoms with Crippen molar-refractivity contribution in [2.75, 3.05) is 5.32 Å². The van der Waals surface area contributed by atoms with E-state index in [2.05, 4.69) is 10.4 Å². The Balaban J connectivity index is 1.83. The summed E-state index contributed by atoms with van der Waals surface area (Å²) in [6, 6.07) is 8.66. The molecule has 1 amide bonds. The fraction of sp³-hybridized carbons (Fsp3) is 0.211. The second-order valence-electron chi connectivity index (χ2n) is 6.37. The van der Waals surface area contributed by atoms with Gasteiger partial charge in [-0.2, -0.15) is 5.10 Å². The molecule has 3 aromatic rings. The first kappa shape index (κ1) is 21.4. The Bertz CT molecular complexity index is 1110. The number of halogens is 4. The molecule has 2 heterocycles. The SMILES string of the molecule is CC(C(=O)Nc1ccc(C(C)(F)F)cc1)n1nc(-c2cc(Cl)sc2Cl)ccc1=O. The van der Waals surface area contributed by atoms with E-state index in [1.165, 1.54) is 43.3 Å². The fourth-order valence-electron chi connectivity index (χ4n) is 2.57. The van der Waals surface area contributed by atoms with Gasteiger partial charge in [0.2, 0.25) is 5.91 Å². The summed E-state index contributed by atoms with van der Waals surface area (Å²) >= 11 is 13.3. The van der Waals surface area contributed by atoms with Gasteiger partial charge in [-0.3, -0.25) is 9.59 Å². The van der Waals surface area contributed by atoms with E-state index in [9.17, 15) is 18.4 Å². The molecule has 0 aliphatic rings. The van der Waals surface area contributed by atoms with Crippen molar-refractivity contribution in [2.24, 2.45) is 0 Å². The number of benzene rings is 1. The Hall–Kier alpha value is -2.29. The summed E-state index contributed by atoms with van der Waals surface area (Å²) in [5, 5.41) is 6.83. The molecule has 10 heteroatoms. The lowest BCUT2D eigenvalue weighted by atomic mass is 10.1. The summed E-state index contributed by atoms with van der Waals surface area (Å²) in [4.78, 5) is 24.8. The first-order valence-electron chi connectivity index (χ1n) is 8.40. The minimum atomic E-state index is -2.97. The van der Waals surface area contributed by atoms with Crippen LogP contribution in [-0.4, -0.2) is 15.7 Å². The number of thiophene rings is 1. The van der Waals surface area contributed by atoms with Gasteiger partial charge >= 0.3 is 0 Å². The molecule has 1 N–H and O–H groups in total. The summed E-state index contributed by atoms with van der Waals surface area (Å²) < 4.78 is 28.5. The summed E-state index contributed by atoms with van der Waals surface area (Å²) in [5.41, 5.74) is 0.632. The van der Waals surface area contributed by atoms with Crippen LogP contribution < -0.4 is 10.9 Å². The van der Waals surface area contributed by atoms with Gasteiger partial charge in [0.15, 0.2) is 0 Å². The molecule has 0 radical (unpaired) electrons.